The molecular weight excluding hydrogens is 306 g/mol. The molecule has 0 aliphatic carbocycles. The molecule has 5 nitrogen and oxygen atoms in total. The zero-order valence-corrected chi connectivity index (χ0v) is 12.7. The SMILES string of the molecule is CCc1cc(CC(NN)c2ccc(Br)cn2)n(C)n1. The molecule has 0 radical (unpaired) electrons. The van der Waals surface area contributed by atoms with E-state index in [0.29, 0.717) is 0 Å². The van der Waals surface area contributed by atoms with E-state index >= 15 is 0 Å². The van der Waals surface area contributed by atoms with E-state index in [4.69, 9.17) is 5.84 Å². The van der Waals surface area contributed by atoms with Gasteiger partial charge in [-0.15, -0.1) is 0 Å². The van der Waals surface area contributed by atoms with Crippen LogP contribution in [0.25, 0.3) is 0 Å². The maximum atomic E-state index is 5.65. The zero-order chi connectivity index (χ0) is 13.8. The van der Waals surface area contributed by atoms with Gasteiger partial charge >= 0.3 is 0 Å². The summed E-state index contributed by atoms with van der Waals surface area (Å²) in [7, 11) is 1.96. The van der Waals surface area contributed by atoms with Gasteiger partial charge in [-0.2, -0.15) is 5.10 Å². The van der Waals surface area contributed by atoms with Crippen molar-refractivity contribution < 1.29 is 0 Å². The highest BCUT2D eigenvalue weighted by Gasteiger charge is 2.15. The van der Waals surface area contributed by atoms with Crippen LogP contribution in [0.5, 0.6) is 0 Å². The third kappa shape index (κ3) is 3.40. The Morgan fingerprint density at radius 3 is 2.79 bits per heavy atom. The van der Waals surface area contributed by atoms with Crippen molar-refractivity contribution in [3.63, 3.8) is 0 Å². The smallest absolute Gasteiger partial charge is 0.0687 e. The summed E-state index contributed by atoms with van der Waals surface area (Å²) < 4.78 is 2.86. The fourth-order valence-electron chi connectivity index (χ4n) is 1.99. The summed E-state index contributed by atoms with van der Waals surface area (Å²) in [5.74, 6) is 5.65. The molecular formula is C13H18BrN5. The van der Waals surface area contributed by atoms with E-state index in [9.17, 15) is 0 Å². The summed E-state index contributed by atoms with van der Waals surface area (Å²) in [4.78, 5) is 4.38. The van der Waals surface area contributed by atoms with Gasteiger partial charge in [0.05, 0.1) is 17.4 Å². The van der Waals surface area contributed by atoms with Crippen molar-refractivity contribution in [3.8, 4) is 0 Å². The minimum Gasteiger partial charge on any atom is -0.272 e. The van der Waals surface area contributed by atoms with Gasteiger partial charge in [-0.25, -0.2) is 0 Å². The van der Waals surface area contributed by atoms with Gasteiger partial charge < -0.3 is 0 Å². The normalized spacial score (nSPS) is 12.6. The first-order valence-corrected chi connectivity index (χ1v) is 7.02. The van der Waals surface area contributed by atoms with Gasteiger partial charge in [0.1, 0.15) is 0 Å². The van der Waals surface area contributed by atoms with E-state index in [-0.39, 0.29) is 6.04 Å². The molecule has 2 rings (SSSR count). The first kappa shape index (κ1) is 14.2. The van der Waals surface area contributed by atoms with Gasteiger partial charge in [0.2, 0.25) is 0 Å². The molecule has 6 heteroatoms. The zero-order valence-electron chi connectivity index (χ0n) is 11.1. The quantitative estimate of drug-likeness (QED) is 0.651. The lowest BCUT2D eigenvalue weighted by molar-refractivity contribution is 0.518. The van der Waals surface area contributed by atoms with E-state index in [2.05, 4.69) is 44.4 Å². The third-order valence-electron chi connectivity index (χ3n) is 3.11. The standard InChI is InChI=1S/C13H18BrN5/c1-3-10-6-11(19(2)18-10)7-13(17-15)12-5-4-9(14)8-16-12/h4-6,8,13,17H,3,7,15H2,1-2H3. The van der Waals surface area contributed by atoms with Gasteiger partial charge in [-0.05, 0) is 40.5 Å². The predicted molar refractivity (Wildman–Crippen MR) is 78.3 cm³/mol. The van der Waals surface area contributed by atoms with Gasteiger partial charge in [0.25, 0.3) is 0 Å². The molecule has 1 unspecified atom stereocenters. The lowest BCUT2D eigenvalue weighted by Crippen LogP contribution is -2.30. The van der Waals surface area contributed by atoms with Gasteiger partial charge in [0.15, 0.2) is 0 Å². The molecule has 102 valence electrons. The molecule has 2 heterocycles. The molecule has 0 spiro atoms. The number of aryl methyl sites for hydroxylation is 2. The minimum absolute atomic E-state index is 0.0202. The van der Waals surface area contributed by atoms with Gasteiger partial charge in [0, 0.05) is 29.8 Å². The number of nitrogens with one attached hydrogen (secondary N) is 1. The van der Waals surface area contributed by atoms with Crippen molar-refractivity contribution in [2.75, 3.05) is 0 Å². The molecule has 2 aromatic heterocycles. The second-order valence-electron chi connectivity index (χ2n) is 4.43. The largest absolute Gasteiger partial charge is 0.272 e. The van der Waals surface area contributed by atoms with Crippen molar-refractivity contribution >= 4 is 15.9 Å². The first-order valence-electron chi connectivity index (χ1n) is 6.23. The van der Waals surface area contributed by atoms with Crippen LogP contribution in [0.2, 0.25) is 0 Å². The second-order valence-corrected chi connectivity index (χ2v) is 5.34. The Hall–Kier alpha value is -1.24. The van der Waals surface area contributed by atoms with Crippen LogP contribution in [0.15, 0.2) is 28.9 Å². The van der Waals surface area contributed by atoms with Crippen LogP contribution in [0.1, 0.15) is 30.0 Å². The number of rotatable bonds is 5. The van der Waals surface area contributed by atoms with Crippen molar-refractivity contribution in [3.05, 3.63) is 46.0 Å². The average Bonchev–Trinajstić information content (AvgIpc) is 2.78. The highest BCUT2D eigenvalue weighted by Crippen LogP contribution is 2.18. The molecule has 0 aromatic carbocycles. The number of halogens is 1. The van der Waals surface area contributed by atoms with Crippen LogP contribution in [-0.2, 0) is 19.9 Å². The minimum atomic E-state index is -0.0202. The summed E-state index contributed by atoms with van der Waals surface area (Å²) in [5.41, 5.74) is 5.98. The molecule has 0 amide bonds. The number of aromatic nitrogens is 3. The Bertz CT molecular complexity index is 534. The summed E-state index contributed by atoms with van der Waals surface area (Å²) in [6.07, 6.45) is 3.47. The molecule has 0 saturated carbocycles. The average molecular weight is 324 g/mol. The summed E-state index contributed by atoms with van der Waals surface area (Å²) >= 11 is 3.38. The van der Waals surface area contributed by atoms with Crippen molar-refractivity contribution in [2.24, 2.45) is 12.9 Å². The van der Waals surface area contributed by atoms with Crippen LogP contribution in [-0.4, -0.2) is 14.8 Å². The monoisotopic (exact) mass is 323 g/mol. The third-order valence-corrected chi connectivity index (χ3v) is 3.58. The summed E-state index contributed by atoms with van der Waals surface area (Å²) in [6.45, 7) is 2.10. The van der Waals surface area contributed by atoms with Crippen LogP contribution < -0.4 is 11.3 Å². The Labute approximate surface area is 121 Å². The molecule has 2 aromatic rings. The van der Waals surface area contributed by atoms with Gasteiger partial charge in [-0.3, -0.25) is 20.9 Å². The van der Waals surface area contributed by atoms with E-state index in [1.807, 2.05) is 23.9 Å². The van der Waals surface area contributed by atoms with E-state index in [1.54, 1.807) is 6.20 Å². The van der Waals surface area contributed by atoms with Crippen molar-refractivity contribution in [1.29, 1.82) is 0 Å². The molecule has 0 aliphatic heterocycles. The molecule has 1 atom stereocenters. The number of nitrogens with two attached hydrogens (primary N) is 1. The fraction of sp³-hybridized carbons (Fsp3) is 0.385. The molecule has 0 saturated heterocycles. The highest BCUT2D eigenvalue weighted by atomic mass is 79.9. The highest BCUT2D eigenvalue weighted by molar-refractivity contribution is 9.10. The van der Waals surface area contributed by atoms with Crippen LogP contribution in [0.4, 0.5) is 0 Å². The molecule has 0 bridgehead atoms. The molecule has 0 aliphatic rings. The maximum absolute atomic E-state index is 5.65. The molecule has 19 heavy (non-hydrogen) atoms. The maximum Gasteiger partial charge on any atom is 0.0687 e. The first-order chi connectivity index (χ1) is 9.13. The molecule has 3 N–H and O–H groups in total. The van der Waals surface area contributed by atoms with E-state index in [0.717, 1.165) is 34.4 Å². The Kier molecular flexibility index (Phi) is 4.68. The fourth-order valence-corrected chi connectivity index (χ4v) is 2.22. The second kappa shape index (κ2) is 6.27. The molecule has 0 fully saturated rings. The van der Waals surface area contributed by atoms with Crippen molar-refractivity contribution in [1.82, 2.24) is 20.2 Å². The summed E-state index contributed by atoms with van der Waals surface area (Å²) in [6, 6.07) is 6.02. The summed E-state index contributed by atoms with van der Waals surface area (Å²) in [5, 5.41) is 4.44. The lowest BCUT2D eigenvalue weighted by Gasteiger charge is -2.15. The van der Waals surface area contributed by atoms with Crippen LogP contribution >= 0.6 is 15.9 Å². The number of hydrazine groups is 1. The van der Waals surface area contributed by atoms with Crippen LogP contribution in [0, 0.1) is 0 Å². The topological polar surface area (TPSA) is 68.8 Å². The number of hydrogen-bond donors (Lipinski definition) is 2. The Morgan fingerprint density at radius 2 is 2.26 bits per heavy atom. The number of nitrogens with zero attached hydrogens (tertiary/aromatic N) is 3. The van der Waals surface area contributed by atoms with Crippen molar-refractivity contribution in [2.45, 2.75) is 25.8 Å². The lowest BCUT2D eigenvalue weighted by atomic mass is 10.1. The van der Waals surface area contributed by atoms with E-state index in [1.165, 1.54) is 0 Å². The van der Waals surface area contributed by atoms with Gasteiger partial charge in [-0.1, -0.05) is 6.92 Å². The Balaban J connectivity index is 2.18. The van der Waals surface area contributed by atoms with Crippen LogP contribution in [0.3, 0.4) is 0 Å². The predicted octanol–water partition coefficient (Wildman–Crippen LogP) is 1.89. The number of pyridine rings is 1. The Morgan fingerprint density at radius 1 is 1.47 bits per heavy atom. The van der Waals surface area contributed by atoms with E-state index < -0.39 is 0 Å². The number of hydrogen-bond acceptors (Lipinski definition) is 4.